The van der Waals surface area contributed by atoms with Crippen molar-refractivity contribution < 1.29 is 21.6 Å². The van der Waals surface area contributed by atoms with Gasteiger partial charge in [-0.1, -0.05) is 41.4 Å². The van der Waals surface area contributed by atoms with E-state index in [2.05, 4.69) is 4.98 Å². The average Bonchev–Trinajstić information content (AvgIpc) is 2.88. The number of alkyl halides is 3. The minimum Gasteiger partial charge on any atom is -0.223 e. The highest BCUT2D eigenvalue weighted by Gasteiger charge is 2.41. The van der Waals surface area contributed by atoms with Gasteiger partial charge in [-0.3, -0.25) is 0 Å². The van der Waals surface area contributed by atoms with Crippen LogP contribution in [0.4, 0.5) is 13.2 Å². The molecule has 3 rings (SSSR count). The fraction of sp³-hybridized carbons (Fsp3) is 0.0714. The summed E-state index contributed by atoms with van der Waals surface area (Å²) in [6.07, 6.45) is -4.99. The number of hydrogen-bond acceptors (Lipinski definition) is 3. The molecule has 3 aromatic rings. The molecule has 24 heavy (non-hydrogen) atoms. The second-order valence-electron chi connectivity index (χ2n) is 4.77. The third-order valence-electron chi connectivity index (χ3n) is 3.19. The quantitative estimate of drug-likeness (QED) is 0.638. The first kappa shape index (κ1) is 17.1. The lowest BCUT2D eigenvalue weighted by Gasteiger charge is -2.12. The Morgan fingerprint density at radius 2 is 1.58 bits per heavy atom. The van der Waals surface area contributed by atoms with Crippen LogP contribution in [0.25, 0.3) is 11.0 Å². The molecule has 126 valence electrons. The van der Waals surface area contributed by atoms with Gasteiger partial charge in [-0.05, 0) is 24.3 Å². The summed E-state index contributed by atoms with van der Waals surface area (Å²) >= 11 is 11.6. The molecule has 0 aliphatic carbocycles. The lowest BCUT2D eigenvalue weighted by atomic mass is 10.3. The first-order valence-electron chi connectivity index (χ1n) is 6.37. The Labute approximate surface area is 144 Å². The van der Waals surface area contributed by atoms with Crippen LogP contribution in [0, 0.1) is 0 Å². The van der Waals surface area contributed by atoms with Crippen molar-refractivity contribution in [3.8, 4) is 0 Å². The van der Waals surface area contributed by atoms with Crippen LogP contribution in [0.1, 0.15) is 5.82 Å². The van der Waals surface area contributed by atoms with Crippen molar-refractivity contribution in [2.75, 3.05) is 0 Å². The Kier molecular flexibility index (Phi) is 4.01. The smallest absolute Gasteiger partial charge is 0.223 e. The lowest BCUT2D eigenvalue weighted by Crippen LogP contribution is -2.21. The van der Waals surface area contributed by atoms with Crippen LogP contribution in [0.5, 0.6) is 0 Å². The van der Waals surface area contributed by atoms with Crippen molar-refractivity contribution in [3.05, 3.63) is 58.3 Å². The molecule has 0 fully saturated rings. The number of hydrogen-bond donors (Lipinski definition) is 0. The number of rotatable bonds is 2. The van der Waals surface area contributed by atoms with Gasteiger partial charge in [-0.2, -0.15) is 13.2 Å². The number of benzene rings is 2. The Bertz CT molecular complexity index is 1030. The Balaban J connectivity index is 2.44. The van der Waals surface area contributed by atoms with E-state index >= 15 is 0 Å². The predicted molar refractivity (Wildman–Crippen MR) is 83.8 cm³/mol. The van der Waals surface area contributed by atoms with E-state index in [0.717, 1.165) is 12.1 Å². The molecule has 0 aliphatic heterocycles. The van der Waals surface area contributed by atoms with Crippen molar-refractivity contribution in [2.24, 2.45) is 0 Å². The molecule has 0 bridgehead atoms. The third-order valence-corrected chi connectivity index (χ3v) is 5.63. The largest absolute Gasteiger partial charge is 0.450 e. The topological polar surface area (TPSA) is 52.0 Å². The van der Waals surface area contributed by atoms with Gasteiger partial charge in [0.1, 0.15) is 0 Å². The summed E-state index contributed by atoms with van der Waals surface area (Å²) in [7, 11) is -4.53. The second kappa shape index (κ2) is 5.65. The van der Waals surface area contributed by atoms with E-state index in [4.69, 9.17) is 23.2 Å². The molecule has 0 N–H and O–H groups in total. The van der Waals surface area contributed by atoms with E-state index in [1.807, 2.05) is 0 Å². The van der Waals surface area contributed by atoms with Crippen LogP contribution in [0.15, 0.2) is 47.4 Å². The molecule has 0 aliphatic rings. The SMILES string of the molecule is O=S(=O)(c1ccccc1)n1c(C(F)(F)F)nc2cc(Cl)c(Cl)cc21. The first-order chi connectivity index (χ1) is 11.1. The molecular weight excluding hydrogens is 388 g/mol. The summed E-state index contributed by atoms with van der Waals surface area (Å²) in [5, 5.41) is -0.109. The van der Waals surface area contributed by atoms with E-state index in [9.17, 15) is 21.6 Å². The number of imidazole rings is 1. The average molecular weight is 395 g/mol. The van der Waals surface area contributed by atoms with Crippen LogP contribution in [-0.4, -0.2) is 17.4 Å². The molecule has 0 atom stereocenters. The standard InChI is InChI=1S/C14H7Cl2F3N2O2S/c15-9-6-11-12(7-10(9)16)21(13(20-11)14(17,18)19)24(22,23)8-4-2-1-3-5-8/h1-7H. The molecular formula is C14H7Cl2F3N2O2S. The van der Waals surface area contributed by atoms with E-state index in [1.54, 1.807) is 6.07 Å². The maximum Gasteiger partial charge on any atom is 0.450 e. The van der Waals surface area contributed by atoms with Crippen LogP contribution < -0.4 is 0 Å². The zero-order chi connectivity index (χ0) is 17.7. The Morgan fingerprint density at radius 3 is 2.17 bits per heavy atom. The highest BCUT2D eigenvalue weighted by atomic mass is 35.5. The molecule has 0 amide bonds. The lowest BCUT2D eigenvalue weighted by molar-refractivity contribution is -0.145. The van der Waals surface area contributed by atoms with Gasteiger partial charge in [-0.25, -0.2) is 17.4 Å². The number of aromatic nitrogens is 2. The van der Waals surface area contributed by atoms with Crippen molar-refractivity contribution in [1.29, 1.82) is 0 Å². The minimum atomic E-state index is -4.99. The molecule has 2 aromatic carbocycles. The van der Waals surface area contributed by atoms with Crippen molar-refractivity contribution in [2.45, 2.75) is 11.1 Å². The van der Waals surface area contributed by atoms with Crippen molar-refractivity contribution in [1.82, 2.24) is 8.96 Å². The third kappa shape index (κ3) is 2.74. The van der Waals surface area contributed by atoms with Gasteiger partial charge in [0.05, 0.1) is 26.0 Å². The van der Waals surface area contributed by atoms with E-state index in [1.165, 1.54) is 24.3 Å². The maximum absolute atomic E-state index is 13.3. The number of nitrogens with zero attached hydrogens (tertiary/aromatic N) is 2. The summed E-state index contributed by atoms with van der Waals surface area (Å²) in [6.45, 7) is 0. The summed E-state index contributed by atoms with van der Waals surface area (Å²) in [4.78, 5) is 3.09. The van der Waals surface area contributed by atoms with Crippen LogP contribution in [0.3, 0.4) is 0 Å². The van der Waals surface area contributed by atoms with Crippen LogP contribution in [0.2, 0.25) is 10.0 Å². The predicted octanol–water partition coefficient (Wildman–Crippen LogP) is 4.60. The molecule has 0 radical (unpaired) electrons. The Hall–Kier alpha value is -1.77. The highest BCUT2D eigenvalue weighted by molar-refractivity contribution is 7.90. The van der Waals surface area contributed by atoms with Crippen LogP contribution in [-0.2, 0) is 16.2 Å². The van der Waals surface area contributed by atoms with Crippen LogP contribution >= 0.6 is 23.2 Å². The zero-order valence-electron chi connectivity index (χ0n) is 11.6. The monoisotopic (exact) mass is 394 g/mol. The molecule has 4 nitrogen and oxygen atoms in total. The van der Waals surface area contributed by atoms with Gasteiger partial charge in [-0.15, -0.1) is 0 Å². The summed E-state index contributed by atoms with van der Waals surface area (Å²) < 4.78 is 65.5. The first-order valence-corrected chi connectivity index (χ1v) is 8.57. The fourth-order valence-corrected chi connectivity index (χ4v) is 3.98. The maximum atomic E-state index is 13.3. The van der Waals surface area contributed by atoms with Gasteiger partial charge < -0.3 is 0 Å². The summed E-state index contributed by atoms with van der Waals surface area (Å²) in [6, 6.07) is 8.88. The Morgan fingerprint density at radius 1 is 1.00 bits per heavy atom. The summed E-state index contributed by atoms with van der Waals surface area (Å²) in [5.41, 5.74) is -0.531. The van der Waals surface area contributed by atoms with Gasteiger partial charge >= 0.3 is 6.18 Å². The van der Waals surface area contributed by atoms with Crippen molar-refractivity contribution >= 4 is 44.3 Å². The van der Waals surface area contributed by atoms with E-state index in [0.29, 0.717) is 0 Å². The van der Waals surface area contributed by atoms with Crippen molar-refractivity contribution in [3.63, 3.8) is 0 Å². The fourth-order valence-electron chi connectivity index (χ4n) is 2.17. The van der Waals surface area contributed by atoms with Gasteiger partial charge in [0.2, 0.25) is 5.82 Å². The molecule has 0 unspecified atom stereocenters. The molecule has 0 saturated heterocycles. The van der Waals surface area contributed by atoms with Gasteiger partial charge in [0, 0.05) is 0 Å². The molecule has 1 aromatic heterocycles. The number of halogens is 5. The molecule has 0 spiro atoms. The van der Waals surface area contributed by atoms with Gasteiger partial charge in [0.25, 0.3) is 10.0 Å². The molecule has 1 heterocycles. The normalized spacial score (nSPS) is 12.7. The van der Waals surface area contributed by atoms with Gasteiger partial charge in [0.15, 0.2) is 0 Å². The minimum absolute atomic E-state index is 0.0281. The zero-order valence-corrected chi connectivity index (χ0v) is 13.9. The number of fused-ring (bicyclic) bond motifs is 1. The van der Waals surface area contributed by atoms with E-state index in [-0.39, 0.29) is 29.9 Å². The molecule has 0 saturated carbocycles. The molecule has 10 heteroatoms. The summed E-state index contributed by atoms with van der Waals surface area (Å²) in [5.74, 6) is -1.57. The highest BCUT2D eigenvalue weighted by Crippen LogP contribution is 2.36. The second-order valence-corrected chi connectivity index (χ2v) is 7.37. The van der Waals surface area contributed by atoms with E-state index < -0.39 is 22.0 Å².